The molecule has 0 saturated carbocycles. The fourth-order valence-electron chi connectivity index (χ4n) is 12.8. The molecule has 10 aromatic carbocycles. The minimum Gasteiger partial charge on any atom is -0.292 e. The lowest BCUT2D eigenvalue weighted by molar-refractivity contribution is 0.652. The predicted molar refractivity (Wildman–Crippen MR) is 301 cm³/mol. The Hall–Kier alpha value is -8.86. The highest BCUT2D eigenvalue weighted by molar-refractivity contribution is 5.94. The normalized spacial score (nSPS) is 14.2. The van der Waals surface area contributed by atoms with Crippen LogP contribution in [0.25, 0.3) is 112 Å². The minimum atomic E-state index is -0.165. The fourth-order valence-corrected chi connectivity index (χ4v) is 12.8. The van der Waals surface area contributed by atoms with Crippen LogP contribution < -0.4 is 0 Å². The number of imidazole rings is 2. The number of rotatable bonds is 6. The van der Waals surface area contributed by atoms with Gasteiger partial charge in [0.25, 0.3) is 0 Å². The van der Waals surface area contributed by atoms with E-state index in [1.165, 1.54) is 89.0 Å². The quantitative estimate of drug-likeness (QED) is 0.167. The zero-order valence-electron chi connectivity index (χ0n) is 41.3. The summed E-state index contributed by atoms with van der Waals surface area (Å²) in [7, 11) is 0. The molecule has 0 aliphatic heterocycles. The zero-order chi connectivity index (χ0) is 48.7. The van der Waals surface area contributed by atoms with E-state index in [9.17, 15) is 0 Å². The second-order valence-electron chi connectivity index (χ2n) is 21.4. The molecule has 4 nitrogen and oxygen atoms in total. The third kappa shape index (κ3) is 6.20. The summed E-state index contributed by atoms with van der Waals surface area (Å²) in [5.74, 6) is 1.90. The van der Waals surface area contributed by atoms with E-state index >= 15 is 0 Å². The number of fused-ring (bicyclic) bond motifs is 11. The van der Waals surface area contributed by atoms with E-state index in [2.05, 4.69) is 255 Å². The van der Waals surface area contributed by atoms with Crippen molar-refractivity contribution in [3.63, 3.8) is 0 Å². The van der Waals surface area contributed by atoms with Crippen molar-refractivity contribution in [3.8, 4) is 89.8 Å². The molecule has 0 bridgehead atoms. The largest absolute Gasteiger partial charge is 0.292 e. The van der Waals surface area contributed by atoms with Gasteiger partial charge in [-0.05, 0) is 174 Å². The maximum atomic E-state index is 5.12. The molecule has 15 rings (SSSR count). The number of para-hydroxylation sites is 6. The first-order valence-electron chi connectivity index (χ1n) is 25.6. The molecule has 0 unspecified atom stereocenters. The van der Waals surface area contributed by atoms with Crippen LogP contribution in [0, 0.1) is 0 Å². The summed E-state index contributed by atoms with van der Waals surface area (Å²) in [6.45, 7) is 9.68. The first kappa shape index (κ1) is 41.9. The molecule has 0 amide bonds. The van der Waals surface area contributed by atoms with Gasteiger partial charge in [0.2, 0.25) is 0 Å². The SMILES string of the molecule is CC1(C)c2cc(-c3ccc(-c4nc5ccccc5n4-c4ccccc4)cc3)ccc2-c2cc3c(cc21)-c1cc2c(cc1C3(C)C)-c1ccc(-c3ccc(-c4nc5ccccc5n4-c4ccccc4)cc3)cc1C2. The van der Waals surface area contributed by atoms with Crippen LogP contribution in [0.4, 0.5) is 0 Å². The molecule has 4 heteroatoms. The van der Waals surface area contributed by atoms with Crippen molar-refractivity contribution >= 4 is 22.1 Å². The van der Waals surface area contributed by atoms with E-state index in [4.69, 9.17) is 9.97 Å². The third-order valence-electron chi connectivity index (χ3n) is 16.6. The molecule has 2 heterocycles. The highest BCUT2D eigenvalue weighted by atomic mass is 15.1. The molecule has 2 aromatic heterocycles. The van der Waals surface area contributed by atoms with Gasteiger partial charge in [-0.1, -0.05) is 167 Å². The number of hydrogen-bond donors (Lipinski definition) is 0. The molecule has 0 atom stereocenters. The molecule has 0 radical (unpaired) electrons. The Morgan fingerprint density at radius 2 is 0.699 bits per heavy atom. The van der Waals surface area contributed by atoms with Gasteiger partial charge >= 0.3 is 0 Å². The Morgan fingerprint density at radius 3 is 1.23 bits per heavy atom. The molecule has 0 fully saturated rings. The zero-order valence-corrected chi connectivity index (χ0v) is 41.3. The van der Waals surface area contributed by atoms with E-state index in [1.54, 1.807) is 0 Å². The molecular formula is C69H50N4. The van der Waals surface area contributed by atoms with Crippen LogP contribution in [0.3, 0.4) is 0 Å². The average molecular weight is 935 g/mol. The van der Waals surface area contributed by atoms with Crippen LogP contribution in [-0.2, 0) is 17.3 Å². The maximum absolute atomic E-state index is 5.12. The number of nitrogens with zero attached hydrogens (tertiary/aromatic N) is 4. The first-order chi connectivity index (χ1) is 35.7. The summed E-state index contributed by atoms with van der Waals surface area (Å²) < 4.78 is 4.54. The van der Waals surface area contributed by atoms with Crippen LogP contribution in [0.15, 0.2) is 218 Å². The van der Waals surface area contributed by atoms with Crippen LogP contribution in [-0.4, -0.2) is 19.1 Å². The van der Waals surface area contributed by atoms with Crippen LogP contribution >= 0.6 is 0 Å². The predicted octanol–water partition coefficient (Wildman–Crippen LogP) is 17.2. The molecule has 3 aliphatic rings. The Labute approximate surface area is 425 Å². The second-order valence-corrected chi connectivity index (χ2v) is 21.4. The van der Waals surface area contributed by atoms with Crippen molar-refractivity contribution in [3.05, 3.63) is 252 Å². The molecule has 73 heavy (non-hydrogen) atoms. The summed E-state index contributed by atoms with van der Waals surface area (Å²) >= 11 is 0. The second kappa shape index (κ2) is 15.3. The summed E-state index contributed by atoms with van der Waals surface area (Å²) in [6, 6.07) is 80.2. The third-order valence-corrected chi connectivity index (χ3v) is 16.6. The molecular weight excluding hydrogens is 885 g/mol. The molecule has 0 spiro atoms. The highest BCUT2D eigenvalue weighted by Gasteiger charge is 2.42. The van der Waals surface area contributed by atoms with Gasteiger partial charge < -0.3 is 0 Å². The monoisotopic (exact) mass is 934 g/mol. The summed E-state index contributed by atoms with van der Waals surface area (Å²) in [5.41, 5.74) is 29.9. The Bertz CT molecular complexity index is 4250. The Morgan fingerprint density at radius 1 is 0.315 bits per heavy atom. The van der Waals surface area contributed by atoms with E-state index in [0.29, 0.717) is 0 Å². The molecule has 346 valence electrons. The van der Waals surface area contributed by atoms with Gasteiger partial charge in [0.05, 0.1) is 22.1 Å². The van der Waals surface area contributed by atoms with Crippen molar-refractivity contribution in [1.82, 2.24) is 19.1 Å². The van der Waals surface area contributed by atoms with Gasteiger partial charge in [-0.25, -0.2) is 9.97 Å². The Kier molecular flexibility index (Phi) is 8.79. The van der Waals surface area contributed by atoms with Crippen LogP contribution in [0.2, 0.25) is 0 Å². The van der Waals surface area contributed by atoms with E-state index in [-0.39, 0.29) is 10.8 Å². The molecule has 0 saturated heterocycles. The molecule has 0 N–H and O–H groups in total. The number of aromatic nitrogens is 4. The highest BCUT2D eigenvalue weighted by Crippen LogP contribution is 2.58. The van der Waals surface area contributed by atoms with E-state index in [0.717, 1.165) is 62.6 Å². The minimum absolute atomic E-state index is 0.143. The van der Waals surface area contributed by atoms with Crippen LogP contribution in [0.5, 0.6) is 0 Å². The van der Waals surface area contributed by atoms with Crippen molar-refractivity contribution in [2.45, 2.75) is 44.9 Å². The standard InChI is InChI=1S/C69H50N4/c1-68(2)58-38-47(43-25-29-45(30-26-43)67-71-63-20-12-14-22-65(63)73(67)51-17-9-6-10-18-51)32-34-53(58)56-40-61-57(41-60(56)68)55-37-49-36-48-35-46(31-33-52(48)54(49)39-59(55)69(61,3)4)42-23-27-44(28-24-42)66-70-62-19-11-13-21-64(62)72(66)50-15-7-5-8-16-50/h5-35,37-41H,36H2,1-4H3. The van der Waals surface area contributed by atoms with Crippen LogP contribution in [0.1, 0.15) is 61.1 Å². The molecule has 3 aliphatic carbocycles. The summed E-state index contributed by atoms with van der Waals surface area (Å²) in [6.07, 6.45) is 0.930. The summed E-state index contributed by atoms with van der Waals surface area (Å²) in [5, 5.41) is 0. The topological polar surface area (TPSA) is 35.6 Å². The van der Waals surface area contributed by atoms with Crippen molar-refractivity contribution in [2.75, 3.05) is 0 Å². The molecule has 12 aromatic rings. The Balaban J connectivity index is 0.723. The lowest BCUT2D eigenvalue weighted by atomic mass is 9.79. The van der Waals surface area contributed by atoms with E-state index < -0.39 is 0 Å². The smallest absolute Gasteiger partial charge is 0.145 e. The lowest BCUT2D eigenvalue weighted by Crippen LogP contribution is -2.17. The van der Waals surface area contributed by atoms with Crippen molar-refractivity contribution in [2.24, 2.45) is 0 Å². The van der Waals surface area contributed by atoms with E-state index in [1.807, 2.05) is 0 Å². The van der Waals surface area contributed by atoms with Crippen molar-refractivity contribution < 1.29 is 0 Å². The summed E-state index contributed by atoms with van der Waals surface area (Å²) in [4.78, 5) is 10.2. The number of benzene rings is 10. The van der Waals surface area contributed by atoms with Gasteiger partial charge in [-0.3, -0.25) is 9.13 Å². The van der Waals surface area contributed by atoms with Gasteiger partial charge in [0.15, 0.2) is 0 Å². The average Bonchev–Trinajstić information content (AvgIpc) is 4.22. The lowest BCUT2D eigenvalue weighted by Gasteiger charge is -2.24. The maximum Gasteiger partial charge on any atom is 0.145 e. The van der Waals surface area contributed by atoms with Gasteiger partial charge in [0, 0.05) is 33.3 Å². The van der Waals surface area contributed by atoms with Crippen molar-refractivity contribution in [1.29, 1.82) is 0 Å². The van der Waals surface area contributed by atoms with Gasteiger partial charge in [0.1, 0.15) is 11.6 Å². The number of hydrogen-bond acceptors (Lipinski definition) is 2. The fraction of sp³-hybridized carbons (Fsp3) is 0.101. The van der Waals surface area contributed by atoms with Gasteiger partial charge in [-0.2, -0.15) is 0 Å². The first-order valence-corrected chi connectivity index (χ1v) is 25.6. The van der Waals surface area contributed by atoms with Gasteiger partial charge in [-0.15, -0.1) is 0 Å².